The van der Waals surface area contributed by atoms with Gasteiger partial charge in [0, 0.05) is 11.4 Å². The van der Waals surface area contributed by atoms with Gasteiger partial charge in [-0.15, -0.1) is 11.8 Å². The minimum absolute atomic E-state index is 0.114. The molecule has 0 spiro atoms. The van der Waals surface area contributed by atoms with Gasteiger partial charge >= 0.3 is 0 Å². The molecule has 154 valence electrons. The third-order valence-corrected chi connectivity index (χ3v) is 6.74. The van der Waals surface area contributed by atoms with Crippen LogP contribution in [-0.2, 0) is 4.79 Å². The van der Waals surface area contributed by atoms with E-state index in [2.05, 4.69) is 76.2 Å². The number of thiazole rings is 1. The van der Waals surface area contributed by atoms with Crippen LogP contribution in [0.25, 0.3) is 10.2 Å². The van der Waals surface area contributed by atoms with Gasteiger partial charge in [-0.2, -0.15) is 0 Å². The average Bonchev–Trinajstić information content (AvgIpc) is 3.08. The molecule has 0 fully saturated rings. The fourth-order valence-electron chi connectivity index (χ4n) is 3.20. The number of fused-ring (bicyclic) bond motifs is 1. The molecular weight excluding hydrogens is 398 g/mol. The second-order valence-electron chi connectivity index (χ2n) is 7.73. The number of aryl methyl sites for hydroxylation is 3. The van der Waals surface area contributed by atoms with Crippen molar-refractivity contribution in [2.75, 3.05) is 37.8 Å². The van der Waals surface area contributed by atoms with Crippen LogP contribution in [0, 0.1) is 20.8 Å². The third-order valence-electron chi connectivity index (χ3n) is 4.72. The molecule has 4 nitrogen and oxygen atoms in total. The first-order chi connectivity index (χ1) is 13.8. The molecule has 0 aliphatic carbocycles. The Hall–Kier alpha value is -1.89. The molecule has 0 saturated carbocycles. The van der Waals surface area contributed by atoms with Crippen molar-refractivity contribution >= 4 is 44.4 Å². The summed E-state index contributed by atoms with van der Waals surface area (Å²) in [6.45, 7) is 7.89. The minimum Gasteiger partial charge on any atom is -0.309 e. The molecule has 0 radical (unpaired) electrons. The van der Waals surface area contributed by atoms with Crippen molar-refractivity contribution in [1.82, 2.24) is 9.88 Å². The van der Waals surface area contributed by atoms with Gasteiger partial charge in [0.25, 0.3) is 0 Å². The summed E-state index contributed by atoms with van der Waals surface area (Å²) in [4.78, 5) is 23.1. The molecule has 3 rings (SSSR count). The molecular formula is C23H29N3OS2. The highest BCUT2D eigenvalue weighted by molar-refractivity contribution is 8.00. The van der Waals surface area contributed by atoms with Crippen molar-refractivity contribution in [2.45, 2.75) is 32.1 Å². The highest BCUT2D eigenvalue weighted by atomic mass is 32.2. The Kier molecular flexibility index (Phi) is 7.33. The average molecular weight is 428 g/mol. The zero-order valence-electron chi connectivity index (χ0n) is 17.9. The molecule has 1 heterocycles. The van der Waals surface area contributed by atoms with Crippen LogP contribution in [0.3, 0.4) is 0 Å². The lowest BCUT2D eigenvalue weighted by Gasteiger charge is -2.21. The smallest absolute Gasteiger partial charge is 0.239 e. The van der Waals surface area contributed by atoms with Gasteiger partial charge in [-0.05, 0) is 77.2 Å². The SMILES string of the molecule is Cc1ccc(SCC(=O)N(CCCN(C)C)c2nc3c(C)cc(C)cc3s2)cc1. The molecule has 6 heteroatoms. The first-order valence-corrected chi connectivity index (χ1v) is 11.7. The van der Waals surface area contributed by atoms with Crippen LogP contribution in [-0.4, -0.2) is 48.7 Å². The monoisotopic (exact) mass is 427 g/mol. The minimum atomic E-state index is 0.114. The molecule has 0 bridgehead atoms. The van der Waals surface area contributed by atoms with E-state index >= 15 is 0 Å². The van der Waals surface area contributed by atoms with Gasteiger partial charge in [0.2, 0.25) is 5.91 Å². The first-order valence-electron chi connectivity index (χ1n) is 9.86. The number of carbonyl (C=O) groups is 1. The second-order valence-corrected chi connectivity index (χ2v) is 9.79. The summed E-state index contributed by atoms with van der Waals surface area (Å²) < 4.78 is 1.15. The summed E-state index contributed by atoms with van der Waals surface area (Å²) in [6, 6.07) is 12.6. The van der Waals surface area contributed by atoms with Gasteiger partial charge in [0.15, 0.2) is 5.13 Å². The Morgan fingerprint density at radius 2 is 1.76 bits per heavy atom. The molecule has 0 aliphatic rings. The first kappa shape index (κ1) is 21.8. The van der Waals surface area contributed by atoms with Crippen LogP contribution in [0.5, 0.6) is 0 Å². The van der Waals surface area contributed by atoms with Crippen molar-refractivity contribution in [3.05, 3.63) is 53.1 Å². The number of carbonyl (C=O) groups excluding carboxylic acids is 1. The number of anilines is 1. The maximum Gasteiger partial charge on any atom is 0.239 e. The number of hydrogen-bond acceptors (Lipinski definition) is 5. The van der Waals surface area contributed by atoms with Crippen LogP contribution in [0.4, 0.5) is 5.13 Å². The van der Waals surface area contributed by atoms with Crippen LogP contribution < -0.4 is 4.90 Å². The number of aromatic nitrogens is 1. The van der Waals surface area contributed by atoms with Crippen molar-refractivity contribution < 1.29 is 4.79 Å². The highest BCUT2D eigenvalue weighted by Crippen LogP contribution is 2.32. The second kappa shape index (κ2) is 9.74. The normalized spacial score (nSPS) is 11.4. The summed E-state index contributed by atoms with van der Waals surface area (Å²) in [5.41, 5.74) is 4.63. The maximum absolute atomic E-state index is 13.1. The molecule has 0 saturated heterocycles. The van der Waals surface area contributed by atoms with Crippen LogP contribution in [0.15, 0.2) is 41.3 Å². The number of amides is 1. The lowest BCUT2D eigenvalue weighted by atomic mass is 10.1. The number of hydrogen-bond donors (Lipinski definition) is 0. The molecule has 0 aliphatic heterocycles. The number of thioether (sulfide) groups is 1. The maximum atomic E-state index is 13.1. The molecule has 1 amide bonds. The molecule has 0 unspecified atom stereocenters. The quantitative estimate of drug-likeness (QED) is 0.457. The number of benzene rings is 2. The van der Waals surface area contributed by atoms with Crippen LogP contribution in [0.2, 0.25) is 0 Å². The Labute approximate surface area is 181 Å². The Balaban J connectivity index is 1.80. The Bertz CT molecular complexity index is 980. The summed E-state index contributed by atoms with van der Waals surface area (Å²) in [6.07, 6.45) is 0.919. The molecule has 0 N–H and O–H groups in total. The van der Waals surface area contributed by atoms with Crippen LogP contribution >= 0.6 is 23.1 Å². The molecule has 0 atom stereocenters. The molecule has 2 aromatic carbocycles. The van der Waals surface area contributed by atoms with Gasteiger partial charge in [0.05, 0.1) is 16.0 Å². The van der Waals surface area contributed by atoms with Gasteiger partial charge in [0.1, 0.15) is 0 Å². The fourth-order valence-corrected chi connectivity index (χ4v) is 5.16. The van der Waals surface area contributed by atoms with E-state index in [-0.39, 0.29) is 5.91 Å². The topological polar surface area (TPSA) is 36.4 Å². The van der Waals surface area contributed by atoms with Gasteiger partial charge < -0.3 is 4.90 Å². The predicted molar refractivity (Wildman–Crippen MR) is 127 cm³/mol. The summed E-state index contributed by atoms with van der Waals surface area (Å²) in [5.74, 6) is 0.529. The summed E-state index contributed by atoms with van der Waals surface area (Å²) in [5, 5.41) is 0.807. The number of rotatable bonds is 8. The standard InChI is InChI=1S/C23H29N3OS2/c1-16-7-9-19(10-8-16)28-15-21(27)26(12-6-11-25(4)5)23-24-22-18(3)13-17(2)14-20(22)29-23/h7-10,13-14H,6,11-12,15H2,1-5H3. The van der Waals surface area contributed by atoms with Gasteiger partial charge in [-0.1, -0.05) is 35.1 Å². The van der Waals surface area contributed by atoms with E-state index in [1.807, 2.05) is 4.90 Å². The van der Waals surface area contributed by atoms with Crippen LogP contribution in [0.1, 0.15) is 23.1 Å². The molecule has 3 aromatic rings. The lowest BCUT2D eigenvalue weighted by Crippen LogP contribution is -2.34. The Morgan fingerprint density at radius 1 is 1.03 bits per heavy atom. The highest BCUT2D eigenvalue weighted by Gasteiger charge is 2.20. The lowest BCUT2D eigenvalue weighted by molar-refractivity contribution is -0.116. The zero-order chi connectivity index (χ0) is 21.0. The van der Waals surface area contributed by atoms with E-state index in [1.54, 1.807) is 23.1 Å². The zero-order valence-corrected chi connectivity index (χ0v) is 19.5. The summed E-state index contributed by atoms with van der Waals surface area (Å²) in [7, 11) is 4.12. The van der Waals surface area contributed by atoms with Crippen molar-refractivity contribution in [1.29, 1.82) is 0 Å². The van der Waals surface area contributed by atoms with Gasteiger partial charge in [-0.3, -0.25) is 9.69 Å². The van der Waals surface area contributed by atoms with Crippen molar-refractivity contribution in [3.63, 3.8) is 0 Å². The fraction of sp³-hybridized carbons (Fsp3) is 0.391. The predicted octanol–water partition coefficient (Wildman–Crippen LogP) is 5.30. The third kappa shape index (κ3) is 5.81. The largest absolute Gasteiger partial charge is 0.309 e. The van der Waals surface area contributed by atoms with Crippen molar-refractivity contribution in [2.24, 2.45) is 0 Å². The Morgan fingerprint density at radius 3 is 2.45 bits per heavy atom. The summed E-state index contributed by atoms with van der Waals surface area (Å²) >= 11 is 3.20. The van der Waals surface area contributed by atoms with E-state index in [1.165, 1.54) is 11.1 Å². The van der Waals surface area contributed by atoms with Gasteiger partial charge in [-0.25, -0.2) is 4.98 Å². The van der Waals surface area contributed by atoms with E-state index in [0.717, 1.165) is 38.8 Å². The number of nitrogens with zero attached hydrogens (tertiary/aromatic N) is 3. The van der Waals surface area contributed by atoms with E-state index in [0.29, 0.717) is 12.3 Å². The molecule has 1 aromatic heterocycles. The molecule has 29 heavy (non-hydrogen) atoms. The van der Waals surface area contributed by atoms with E-state index in [9.17, 15) is 4.79 Å². The van der Waals surface area contributed by atoms with E-state index in [4.69, 9.17) is 4.98 Å². The van der Waals surface area contributed by atoms with Crippen molar-refractivity contribution in [3.8, 4) is 0 Å². The van der Waals surface area contributed by atoms with E-state index < -0.39 is 0 Å².